The molecule has 1 aromatic rings. The van der Waals surface area contributed by atoms with Gasteiger partial charge in [-0.25, -0.2) is 10.4 Å². The molecule has 0 saturated heterocycles. The number of fused-ring (bicyclic) bond motifs is 1. The number of rotatable bonds is 8. The van der Waals surface area contributed by atoms with Crippen LogP contribution in [-0.4, -0.2) is 37.8 Å². The topological polar surface area (TPSA) is 58.6 Å². The van der Waals surface area contributed by atoms with E-state index in [9.17, 15) is 9.59 Å². The highest BCUT2D eigenvalue weighted by atomic mass is 28.4. The number of hydrazine groups is 1. The van der Waals surface area contributed by atoms with Gasteiger partial charge in [0, 0.05) is 7.89 Å². The minimum atomic E-state index is -2.16. The standard InChI is InChI=1S/C20H32N2O3Si/c1-13(2)26(14(3)4,15(5)6)25-16(7)12-21-22-19(23)17-10-8-9-11-18(17)20(22)24/h8-11,13-16,21H,12H2,1-7H3/t16-/m1/s1/i12D/t12-,16-. The van der Waals surface area contributed by atoms with Gasteiger partial charge in [0.25, 0.3) is 11.8 Å². The van der Waals surface area contributed by atoms with E-state index in [0.717, 1.165) is 5.01 Å². The monoisotopic (exact) mass is 377 g/mol. The molecule has 0 spiro atoms. The molecule has 0 radical (unpaired) electrons. The summed E-state index contributed by atoms with van der Waals surface area (Å²) in [6, 6.07) is 6.71. The van der Waals surface area contributed by atoms with Crippen LogP contribution in [0.25, 0.3) is 0 Å². The number of amides is 2. The summed E-state index contributed by atoms with van der Waals surface area (Å²) in [5.74, 6) is -0.833. The van der Waals surface area contributed by atoms with Crippen molar-refractivity contribution in [2.45, 2.75) is 71.2 Å². The molecule has 1 aromatic carbocycles. The number of nitrogens with one attached hydrogen (secondary N) is 1. The fourth-order valence-corrected chi connectivity index (χ4v) is 9.78. The molecule has 1 heterocycles. The van der Waals surface area contributed by atoms with Gasteiger partial charge in [-0.15, -0.1) is 0 Å². The third kappa shape index (κ3) is 3.63. The fraction of sp³-hybridized carbons (Fsp3) is 0.600. The first kappa shape index (κ1) is 19.3. The Morgan fingerprint density at radius 2 is 1.38 bits per heavy atom. The van der Waals surface area contributed by atoms with Crippen molar-refractivity contribution in [3.63, 3.8) is 0 Å². The molecule has 26 heavy (non-hydrogen) atoms. The summed E-state index contributed by atoms with van der Waals surface area (Å²) in [7, 11) is -2.16. The van der Waals surface area contributed by atoms with Gasteiger partial charge in [-0.3, -0.25) is 9.59 Å². The maximum atomic E-state index is 12.5. The number of carbonyl (C=O) groups is 2. The first-order chi connectivity index (χ1) is 12.5. The van der Waals surface area contributed by atoms with Crippen LogP contribution in [0.1, 0.15) is 70.6 Å². The molecular formula is C20H32N2O3Si. The predicted octanol–water partition coefficient (Wildman–Crippen LogP) is 4.37. The minimum absolute atomic E-state index is 0.367. The molecule has 2 atom stereocenters. The van der Waals surface area contributed by atoms with E-state index in [4.69, 9.17) is 5.80 Å². The van der Waals surface area contributed by atoms with Crippen LogP contribution in [0.15, 0.2) is 24.3 Å². The van der Waals surface area contributed by atoms with Crippen LogP contribution in [0.3, 0.4) is 0 Å². The summed E-state index contributed by atoms with van der Waals surface area (Å²) >= 11 is 0. The Balaban J connectivity index is 2.15. The Kier molecular flexibility index (Phi) is 5.95. The Morgan fingerprint density at radius 1 is 0.962 bits per heavy atom. The lowest BCUT2D eigenvalue weighted by Crippen LogP contribution is -2.53. The Morgan fingerprint density at radius 3 is 1.77 bits per heavy atom. The van der Waals surface area contributed by atoms with Crippen molar-refractivity contribution in [3.8, 4) is 0 Å². The molecule has 0 aliphatic carbocycles. The zero-order valence-electron chi connectivity index (χ0n) is 17.9. The largest absolute Gasteiger partial charge is 0.412 e. The van der Waals surface area contributed by atoms with Crippen LogP contribution in [0.4, 0.5) is 0 Å². The first-order valence-electron chi connectivity index (χ1n) is 9.95. The van der Waals surface area contributed by atoms with Gasteiger partial charge < -0.3 is 4.43 Å². The Hall–Kier alpha value is -1.50. The zero-order chi connectivity index (χ0) is 20.5. The second-order valence-corrected chi connectivity index (χ2v) is 13.3. The van der Waals surface area contributed by atoms with Crippen LogP contribution in [0, 0.1) is 0 Å². The number of hydrogen-bond donors (Lipinski definition) is 1. The van der Waals surface area contributed by atoms with Crippen molar-refractivity contribution in [3.05, 3.63) is 35.4 Å². The minimum Gasteiger partial charge on any atom is -0.412 e. The molecule has 5 nitrogen and oxygen atoms in total. The molecule has 0 saturated carbocycles. The van der Waals surface area contributed by atoms with E-state index in [1.54, 1.807) is 24.3 Å². The average Bonchev–Trinajstić information content (AvgIpc) is 2.83. The van der Waals surface area contributed by atoms with Crippen LogP contribution in [0.5, 0.6) is 0 Å². The summed E-state index contributed by atoms with van der Waals surface area (Å²) in [5.41, 5.74) is 4.68. The smallest absolute Gasteiger partial charge is 0.276 e. The number of benzene rings is 1. The lowest BCUT2D eigenvalue weighted by Gasteiger charge is -2.44. The first-order valence-corrected chi connectivity index (χ1v) is 11.5. The molecular weight excluding hydrogens is 344 g/mol. The lowest BCUT2D eigenvalue weighted by atomic mass is 10.1. The van der Waals surface area contributed by atoms with E-state index in [1.807, 2.05) is 6.92 Å². The number of nitrogens with zero attached hydrogens (tertiary/aromatic N) is 1. The van der Waals surface area contributed by atoms with Crippen molar-refractivity contribution in [2.75, 3.05) is 6.52 Å². The molecule has 1 aliphatic heterocycles. The highest BCUT2D eigenvalue weighted by Gasteiger charge is 2.46. The molecule has 6 heteroatoms. The molecule has 2 amide bonds. The predicted molar refractivity (Wildman–Crippen MR) is 107 cm³/mol. The van der Waals surface area contributed by atoms with Crippen molar-refractivity contribution in [1.82, 2.24) is 10.4 Å². The van der Waals surface area contributed by atoms with E-state index >= 15 is 0 Å². The second kappa shape index (κ2) is 8.02. The molecule has 1 aliphatic rings. The van der Waals surface area contributed by atoms with Crippen LogP contribution >= 0.6 is 0 Å². The number of imide groups is 1. The SMILES string of the molecule is [2H][C@@H](NN1C(=O)c2ccccc2C1=O)[C@@H](C)O[Si](C(C)C)(C(C)C)C(C)C. The Bertz CT molecular complexity index is 651. The van der Waals surface area contributed by atoms with Crippen molar-refractivity contribution >= 4 is 20.1 Å². The van der Waals surface area contributed by atoms with Crippen LogP contribution in [-0.2, 0) is 4.43 Å². The molecule has 144 valence electrons. The highest BCUT2D eigenvalue weighted by Crippen LogP contribution is 2.42. The number of carbonyl (C=O) groups excluding carboxylic acids is 2. The Labute approximate surface area is 159 Å². The molecule has 0 unspecified atom stereocenters. The molecule has 0 fully saturated rings. The number of hydrogen-bond acceptors (Lipinski definition) is 4. The van der Waals surface area contributed by atoms with E-state index in [0.29, 0.717) is 27.8 Å². The maximum Gasteiger partial charge on any atom is 0.276 e. The van der Waals surface area contributed by atoms with Crippen LogP contribution < -0.4 is 5.43 Å². The van der Waals surface area contributed by atoms with Gasteiger partial charge in [-0.05, 0) is 35.7 Å². The lowest BCUT2D eigenvalue weighted by molar-refractivity contribution is 0.0532. The van der Waals surface area contributed by atoms with E-state index in [2.05, 4.69) is 47.0 Å². The molecule has 0 aromatic heterocycles. The normalized spacial score (nSPS) is 17.9. The molecule has 2 rings (SSSR count). The summed E-state index contributed by atoms with van der Waals surface area (Å²) in [4.78, 5) is 25.0. The van der Waals surface area contributed by atoms with E-state index < -0.39 is 32.8 Å². The van der Waals surface area contributed by atoms with Gasteiger partial charge in [0.05, 0.1) is 17.2 Å². The van der Waals surface area contributed by atoms with Gasteiger partial charge in [-0.2, -0.15) is 0 Å². The summed E-state index contributed by atoms with van der Waals surface area (Å²) < 4.78 is 15.1. The maximum absolute atomic E-state index is 12.5. The van der Waals surface area contributed by atoms with Gasteiger partial charge in [-0.1, -0.05) is 53.7 Å². The van der Waals surface area contributed by atoms with Crippen molar-refractivity contribution in [1.29, 1.82) is 0 Å². The summed E-state index contributed by atoms with van der Waals surface area (Å²) in [5, 5.41) is 0.950. The van der Waals surface area contributed by atoms with Gasteiger partial charge in [0.15, 0.2) is 0 Å². The fourth-order valence-electron chi connectivity index (χ4n) is 4.25. The van der Waals surface area contributed by atoms with Crippen LogP contribution in [0.2, 0.25) is 16.6 Å². The van der Waals surface area contributed by atoms with Gasteiger partial charge >= 0.3 is 0 Å². The second-order valence-electron chi connectivity index (χ2n) is 7.93. The highest BCUT2D eigenvalue weighted by molar-refractivity contribution is 6.77. The van der Waals surface area contributed by atoms with Crippen molar-refractivity contribution in [2.24, 2.45) is 0 Å². The quantitative estimate of drug-likeness (QED) is 0.540. The van der Waals surface area contributed by atoms with E-state index in [1.165, 1.54) is 0 Å². The zero-order valence-corrected chi connectivity index (χ0v) is 17.9. The van der Waals surface area contributed by atoms with Gasteiger partial charge in [0.2, 0.25) is 8.32 Å². The molecule has 1 N–H and O–H groups in total. The third-order valence-corrected chi connectivity index (χ3v) is 11.5. The summed E-state index contributed by atoms with van der Waals surface area (Å²) in [6.45, 7) is 14.1. The van der Waals surface area contributed by atoms with Crippen molar-refractivity contribution < 1.29 is 15.4 Å². The van der Waals surface area contributed by atoms with E-state index in [-0.39, 0.29) is 0 Å². The summed E-state index contributed by atoms with van der Waals surface area (Å²) in [6.07, 6.45) is -0.451. The van der Waals surface area contributed by atoms with Gasteiger partial charge in [0.1, 0.15) is 0 Å². The average molecular weight is 378 g/mol. The third-order valence-electron chi connectivity index (χ3n) is 5.33. The molecule has 0 bridgehead atoms.